The van der Waals surface area contributed by atoms with Crippen LogP contribution in [0.25, 0.3) is 5.76 Å². The van der Waals surface area contributed by atoms with E-state index in [0.717, 1.165) is 31.2 Å². The number of rotatable bonds is 3. The number of halogens is 1. The van der Waals surface area contributed by atoms with E-state index in [4.69, 9.17) is 0 Å². The predicted octanol–water partition coefficient (Wildman–Crippen LogP) is 4.73. The van der Waals surface area contributed by atoms with Crippen LogP contribution >= 0.6 is 0 Å². The first kappa shape index (κ1) is 20.1. The molecular weight excluding hydrogens is 407 g/mol. The number of aliphatic hydroxyl groups is 1. The van der Waals surface area contributed by atoms with Gasteiger partial charge in [-0.05, 0) is 78.8 Å². The van der Waals surface area contributed by atoms with Crippen molar-refractivity contribution in [2.75, 3.05) is 4.90 Å². The second kappa shape index (κ2) is 8.04. The number of fused-ring (bicyclic) bond motifs is 1. The summed E-state index contributed by atoms with van der Waals surface area (Å²) >= 11 is 0. The molecule has 5 rings (SSSR count). The Balaban J connectivity index is 1.68. The van der Waals surface area contributed by atoms with E-state index < -0.39 is 23.5 Å². The SMILES string of the molecule is O=C1C(=O)N(c2ccc(F)cc2)C(c2cccnc2)/C1=C(/O)c1ccc2c(c1)CCCC2. The average Bonchev–Trinajstić information content (AvgIpc) is 3.10. The lowest BCUT2D eigenvalue weighted by Gasteiger charge is -2.25. The second-order valence-electron chi connectivity index (χ2n) is 8.12. The van der Waals surface area contributed by atoms with Crippen LogP contribution in [0, 0.1) is 5.82 Å². The van der Waals surface area contributed by atoms with Crippen LogP contribution in [0.5, 0.6) is 0 Å². The van der Waals surface area contributed by atoms with Gasteiger partial charge in [-0.2, -0.15) is 0 Å². The molecule has 1 saturated heterocycles. The van der Waals surface area contributed by atoms with E-state index in [0.29, 0.717) is 16.8 Å². The Hall–Kier alpha value is -3.80. The van der Waals surface area contributed by atoms with Crippen molar-refractivity contribution in [1.29, 1.82) is 0 Å². The Labute approximate surface area is 184 Å². The molecule has 1 aliphatic heterocycles. The number of hydrogen-bond donors (Lipinski definition) is 1. The quantitative estimate of drug-likeness (QED) is 0.372. The predicted molar refractivity (Wildman–Crippen MR) is 119 cm³/mol. The van der Waals surface area contributed by atoms with Crippen molar-refractivity contribution in [2.24, 2.45) is 0 Å². The molecule has 0 radical (unpaired) electrons. The molecule has 0 spiro atoms. The highest BCUT2D eigenvalue weighted by molar-refractivity contribution is 6.51. The van der Waals surface area contributed by atoms with Crippen molar-refractivity contribution in [3.63, 3.8) is 0 Å². The summed E-state index contributed by atoms with van der Waals surface area (Å²) in [5, 5.41) is 11.3. The third kappa shape index (κ3) is 3.38. The number of benzene rings is 2. The minimum atomic E-state index is -0.870. The fourth-order valence-electron chi connectivity index (χ4n) is 4.59. The number of carbonyl (C=O) groups is 2. The molecule has 2 heterocycles. The monoisotopic (exact) mass is 428 g/mol. The molecule has 0 saturated carbocycles. The Kier molecular flexibility index (Phi) is 5.05. The van der Waals surface area contributed by atoms with Gasteiger partial charge in [-0.3, -0.25) is 19.5 Å². The highest BCUT2D eigenvalue weighted by Crippen LogP contribution is 2.42. The van der Waals surface area contributed by atoms with Crippen molar-refractivity contribution in [2.45, 2.75) is 31.7 Å². The number of carbonyl (C=O) groups excluding carboxylic acids is 2. The summed E-state index contributed by atoms with van der Waals surface area (Å²) in [5.74, 6) is -2.21. The molecule has 3 aromatic rings. The smallest absolute Gasteiger partial charge is 0.300 e. The van der Waals surface area contributed by atoms with Gasteiger partial charge >= 0.3 is 0 Å². The van der Waals surface area contributed by atoms with Crippen LogP contribution in [0.15, 0.2) is 72.6 Å². The van der Waals surface area contributed by atoms with Gasteiger partial charge in [-0.1, -0.05) is 18.2 Å². The van der Waals surface area contributed by atoms with Crippen molar-refractivity contribution >= 4 is 23.1 Å². The normalized spacial score (nSPS) is 19.8. The van der Waals surface area contributed by atoms with Gasteiger partial charge in [-0.15, -0.1) is 0 Å². The van der Waals surface area contributed by atoms with Crippen LogP contribution in [0.2, 0.25) is 0 Å². The number of Topliss-reactive ketones (excluding diaryl/α,β-unsaturated/α-hetero) is 1. The summed E-state index contributed by atoms with van der Waals surface area (Å²) in [6, 6.07) is 13.6. The average molecular weight is 428 g/mol. The molecule has 32 heavy (non-hydrogen) atoms. The van der Waals surface area contributed by atoms with Gasteiger partial charge in [0.2, 0.25) is 0 Å². The fraction of sp³-hybridized carbons (Fsp3) is 0.192. The van der Waals surface area contributed by atoms with Gasteiger partial charge in [0.05, 0.1) is 11.6 Å². The minimum absolute atomic E-state index is 0.00286. The summed E-state index contributed by atoms with van der Waals surface area (Å²) in [6.07, 6.45) is 7.31. The first-order chi connectivity index (χ1) is 15.5. The van der Waals surface area contributed by atoms with Crippen LogP contribution in [0.3, 0.4) is 0 Å². The molecule has 1 unspecified atom stereocenters. The third-order valence-electron chi connectivity index (χ3n) is 6.17. The number of aliphatic hydroxyl groups excluding tert-OH is 1. The van der Waals surface area contributed by atoms with E-state index in [2.05, 4.69) is 4.98 Å². The van der Waals surface area contributed by atoms with Crippen LogP contribution < -0.4 is 4.90 Å². The molecule has 1 amide bonds. The topological polar surface area (TPSA) is 70.5 Å². The molecular formula is C26H21FN2O3. The maximum Gasteiger partial charge on any atom is 0.300 e. The van der Waals surface area contributed by atoms with Crippen LogP contribution in [0.4, 0.5) is 10.1 Å². The van der Waals surface area contributed by atoms with E-state index in [1.807, 2.05) is 12.1 Å². The first-order valence-electron chi connectivity index (χ1n) is 10.6. The molecule has 0 bridgehead atoms. The standard InChI is InChI=1S/C26H21FN2O3/c27-20-9-11-21(12-10-20)29-23(19-6-3-13-28-15-19)22(25(31)26(29)32)24(30)18-8-7-16-4-1-2-5-17(16)14-18/h3,6-15,23,30H,1-2,4-5H2/b24-22-. The van der Waals surface area contributed by atoms with Gasteiger partial charge in [-0.25, -0.2) is 4.39 Å². The molecule has 5 nitrogen and oxygen atoms in total. The third-order valence-corrected chi connectivity index (χ3v) is 6.17. The fourth-order valence-corrected chi connectivity index (χ4v) is 4.59. The number of anilines is 1. The molecule has 2 aliphatic rings. The zero-order chi connectivity index (χ0) is 22.2. The van der Waals surface area contributed by atoms with Gasteiger partial charge in [0.15, 0.2) is 0 Å². The number of aromatic nitrogens is 1. The van der Waals surface area contributed by atoms with E-state index in [-0.39, 0.29) is 11.3 Å². The molecule has 2 aromatic carbocycles. The number of aryl methyl sites for hydroxylation is 2. The van der Waals surface area contributed by atoms with E-state index in [1.54, 1.807) is 30.6 Å². The van der Waals surface area contributed by atoms with E-state index in [9.17, 15) is 19.1 Å². The Morgan fingerprint density at radius 2 is 1.75 bits per heavy atom. The molecule has 160 valence electrons. The van der Waals surface area contributed by atoms with E-state index >= 15 is 0 Å². The second-order valence-corrected chi connectivity index (χ2v) is 8.12. The number of pyridine rings is 1. The van der Waals surface area contributed by atoms with Gasteiger partial charge in [0.25, 0.3) is 11.7 Å². The molecule has 1 atom stereocenters. The summed E-state index contributed by atoms with van der Waals surface area (Å²) in [5.41, 5.74) is 3.87. The lowest BCUT2D eigenvalue weighted by atomic mass is 9.89. The highest BCUT2D eigenvalue weighted by atomic mass is 19.1. The van der Waals surface area contributed by atoms with Crippen molar-refractivity contribution in [1.82, 2.24) is 4.98 Å². The maximum absolute atomic E-state index is 13.5. The Morgan fingerprint density at radius 1 is 1.00 bits per heavy atom. The first-order valence-corrected chi connectivity index (χ1v) is 10.6. The minimum Gasteiger partial charge on any atom is -0.507 e. The summed E-state index contributed by atoms with van der Waals surface area (Å²) < 4.78 is 13.5. The molecule has 1 aromatic heterocycles. The van der Waals surface area contributed by atoms with Gasteiger partial charge in [0.1, 0.15) is 11.6 Å². The molecule has 1 N–H and O–H groups in total. The zero-order valence-corrected chi connectivity index (χ0v) is 17.3. The number of nitrogens with zero attached hydrogens (tertiary/aromatic N) is 2. The van der Waals surface area contributed by atoms with E-state index in [1.165, 1.54) is 34.7 Å². The highest BCUT2D eigenvalue weighted by Gasteiger charge is 2.47. The molecule has 1 fully saturated rings. The van der Waals surface area contributed by atoms with Gasteiger partial charge in [0, 0.05) is 23.6 Å². The van der Waals surface area contributed by atoms with Crippen molar-refractivity contribution in [3.05, 3.63) is 101 Å². The number of amides is 1. The number of ketones is 1. The lowest BCUT2D eigenvalue weighted by Crippen LogP contribution is -2.29. The number of hydrogen-bond acceptors (Lipinski definition) is 4. The maximum atomic E-state index is 13.5. The molecule has 6 heteroatoms. The van der Waals surface area contributed by atoms with Crippen molar-refractivity contribution in [3.8, 4) is 0 Å². The summed E-state index contributed by atoms with van der Waals surface area (Å²) in [4.78, 5) is 31.6. The van der Waals surface area contributed by atoms with Gasteiger partial charge < -0.3 is 5.11 Å². The van der Waals surface area contributed by atoms with Crippen LogP contribution in [-0.4, -0.2) is 21.8 Å². The summed E-state index contributed by atoms with van der Waals surface area (Å²) in [6.45, 7) is 0. The van der Waals surface area contributed by atoms with Crippen molar-refractivity contribution < 1.29 is 19.1 Å². The van der Waals surface area contributed by atoms with Crippen LogP contribution in [0.1, 0.15) is 41.1 Å². The molecule has 1 aliphatic carbocycles. The zero-order valence-electron chi connectivity index (χ0n) is 17.3. The lowest BCUT2D eigenvalue weighted by molar-refractivity contribution is -0.132. The largest absolute Gasteiger partial charge is 0.507 e. The summed E-state index contributed by atoms with van der Waals surface area (Å²) in [7, 11) is 0. The Bertz CT molecular complexity index is 1240. The Morgan fingerprint density at radius 3 is 2.47 bits per heavy atom. The van der Waals surface area contributed by atoms with Crippen LogP contribution in [-0.2, 0) is 22.4 Å².